The second kappa shape index (κ2) is 6.92. The number of nitrogens with one attached hydrogen (secondary N) is 1. The van der Waals surface area contributed by atoms with Crippen LogP contribution in [0.1, 0.15) is 15.9 Å². The van der Waals surface area contributed by atoms with Gasteiger partial charge in [0, 0.05) is 4.90 Å². The predicted octanol–water partition coefficient (Wildman–Crippen LogP) is 3.05. The molecule has 2 N–H and O–H groups in total. The van der Waals surface area contributed by atoms with Crippen LogP contribution in [0.3, 0.4) is 0 Å². The van der Waals surface area contributed by atoms with Crippen LogP contribution >= 0.6 is 23.1 Å². The molecule has 1 aromatic heterocycles. The molecule has 0 bridgehead atoms. The molecular weight excluding hydrogens is 308 g/mol. The Hall–Kier alpha value is -2.30. The molecule has 0 aliphatic carbocycles. The first kappa shape index (κ1) is 15.1. The number of carbonyl (C=O) groups is 2. The smallest absolute Gasteiger partial charge is 0.335 e. The molecule has 2 aromatic rings. The maximum absolute atomic E-state index is 11.8. The van der Waals surface area contributed by atoms with Crippen LogP contribution in [0.2, 0.25) is 0 Å². The highest BCUT2D eigenvalue weighted by Crippen LogP contribution is 2.23. The molecule has 1 aromatic carbocycles. The first-order valence-corrected chi connectivity index (χ1v) is 7.70. The van der Waals surface area contributed by atoms with Crippen molar-refractivity contribution in [2.45, 2.75) is 4.90 Å². The van der Waals surface area contributed by atoms with E-state index in [1.165, 1.54) is 35.2 Å². The third-order valence-corrected chi connectivity index (χ3v) is 4.31. The van der Waals surface area contributed by atoms with Gasteiger partial charge in [-0.25, -0.2) is 4.79 Å². The van der Waals surface area contributed by atoms with E-state index in [4.69, 9.17) is 10.4 Å². The number of hydrogen-bond acceptors (Lipinski definition) is 5. The maximum Gasteiger partial charge on any atom is 0.335 e. The number of thioether (sulfide) groups is 1. The molecule has 7 heteroatoms. The largest absolute Gasteiger partial charge is 0.478 e. The molecule has 2 rings (SSSR count). The first-order valence-electron chi connectivity index (χ1n) is 5.84. The van der Waals surface area contributed by atoms with Gasteiger partial charge in [-0.2, -0.15) is 5.26 Å². The molecule has 0 unspecified atom stereocenters. The van der Waals surface area contributed by atoms with Crippen LogP contribution in [-0.2, 0) is 4.79 Å². The minimum absolute atomic E-state index is 0.145. The normalized spacial score (nSPS) is 9.86. The molecule has 21 heavy (non-hydrogen) atoms. The van der Waals surface area contributed by atoms with Crippen LogP contribution in [0.5, 0.6) is 0 Å². The Balaban J connectivity index is 1.94. The molecule has 0 fully saturated rings. The Bertz CT molecular complexity index is 719. The lowest BCUT2D eigenvalue weighted by Crippen LogP contribution is -2.13. The molecule has 0 radical (unpaired) electrons. The zero-order valence-corrected chi connectivity index (χ0v) is 12.3. The highest BCUT2D eigenvalue weighted by molar-refractivity contribution is 8.00. The van der Waals surface area contributed by atoms with Gasteiger partial charge < -0.3 is 10.4 Å². The van der Waals surface area contributed by atoms with E-state index < -0.39 is 5.97 Å². The highest BCUT2D eigenvalue weighted by atomic mass is 32.2. The summed E-state index contributed by atoms with van der Waals surface area (Å²) in [6.45, 7) is 0. The number of carbonyl (C=O) groups excluding carboxylic acids is 1. The van der Waals surface area contributed by atoms with Crippen molar-refractivity contribution in [1.29, 1.82) is 5.26 Å². The number of hydrogen-bond donors (Lipinski definition) is 2. The number of nitriles is 1. The summed E-state index contributed by atoms with van der Waals surface area (Å²) in [7, 11) is 0. The van der Waals surface area contributed by atoms with Gasteiger partial charge in [0.1, 0.15) is 11.1 Å². The van der Waals surface area contributed by atoms with E-state index in [0.29, 0.717) is 15.5 Å². The summed E-state index contributed by atoms with van der Waals surface area (Å²) in [5, 5.41) is 22.7. The van der Waals surface area contributed by atoms with Gasteiger partial charge in [-0.3, -0.25) is 4.79 Å². The quantitative estimate of drug-likeness (QED) is 0.827. The average molecular weight is 318 g/mol. The third-order valence-electron chi connectivity index (χ3n) is 2.49. The van der Waals surface area contributed by atoms with Crippen LogP contribution in [-0.4, -0.2) is 22.7 Å². The van der Waals surface area contributed by atoms with Gasteiger partial charge in [0.05, 0.1) is 16.9 Å². The van der Waals surface area contributed by atoms with E-state index in [1.54, 1.807) is 23.6 Å². The number of amides is 1. The maximum atomic E-state index is 11.8. The average Bonchev–Trinajstić information content (AvgIpc) is 2.92. The van der Waals surface area contributed by atoms with Crippen LogP contribution < -0.4 is 5.32 Å². The third kappa shape index (κ3) is 4.08. The summed E-state index contributed by atoms with van der Waals surface area (Å²) in [5.41, 5.74) is 0.622. The fraction of sp³-hybridized carbons (Fsp3) is 0.0714. The van der Waals surface area contributed by atoms with E-state index in [0.717, 1.165) is 0 Å². The second-order valence-electron chi connectivity index (χ2n) is 3.95. The summed E-state index contributed by atoms with van der Waals surface area (Å²) >= 11 is 2.53. The van der Waals surface area contributed by atoms with Crippen molar-refractivity contribution >= 4 is 40.0 Å². The monoisotopic (exact) mass is 318 g/mol. The molecule has 0 aliphatic rings. The van der Waals surface area contributed by atoms with Crippen LogP contribution in [0, 0.1) is 11.3 Å². The van der Waals surface area contributed by atoms with Crippen molar-refractivity contribution in [3.8, 4) is 6.07 Å². The molecule has 106 valence electrons. The van der Waals surface area contributed by atoms with Gasteiger partial charge in [0.15, 0.2) is 0 Å². The van der Waals surface area contributed by atoms with E-state index in [2.05, 4.69) is 5.32 Å². The van der Waals surface area contributed by atoms with Crippen LogP contribution in [0.4, 0.5) is 5.00 Å². The second-order valence-corrected chi connectivity index (χ2v) is 5.91. The lowest BCUT2D eigenvalue weighted by atomic mass is 10.2. The summed E-state index contributed by atoms with van der Waals surface area (Å²) < 4.78 is 0. The molecule has 0 saturated heterocycles. The fourth-order valence-electron chi connectivity index (χ4n) is 1.52. The minimum atomic E-state index is -1.00. The Labute approximate surface area is 129 Å². The number of nitrogens with zero attached hydrogens (tertiary/aromatic N) is 1. The van der Waals surface area contributed by atoms with E-state index in [-0.39, 0.29) is 17.2 Å². The van der Waals surface area contributed by atoms with Crippen LogP contribution in [0.15, 0.2) is 40.6 Å². The number of aromatic carboxylic acids is 1. The van der Waals surface area contributed by atoms with Crippen molar-refractivity contribution in [3.63, 3.8) is 0 Å². The Morgan fingerprint density at radius 1 is 1.38 bits per heavy atom. The number of rotatable bonds is 5. The standard InChI is InChI=1S/C14H10N2O3S2/c15-7-10-4-5-20-13(10)16-12(17)8-21-11-3-1-2-9(6-11)14(18)19/h1-6H,8H2,(H,16,17)(H,18,19). The summed E-state index contributed by atoms with van der Waals surface area (Å²) in [6, 6.07) is 10.0. The van der Waals surface area contributed by atoms with Gasteiger partial charge in [-0.15, -0.1) is 23.1 Å². The highest BCUT2D eigenvalue weighted by Gasteiger charge is 2.09. The van der Waals surface area contributed by atoms with Crippen molar-refractivity contribution in [1.82, 2.24) is 0 Å². The number of thiophene rings is 1. The summed E-state index contributed by atoms with van der Waals surface area (Å²) in [5.74, 6) is -1.09. The van der Waals surface area contributed by atoms with Crippen molar-refractivity contribution < 1.29 is 14.7 Å². The van der Waals surface area contributed by atoms with Gasteiger partial charge in [0.25, 0.3) is 0 Å². The zero-order valence-electron chi connectivity index (χ0n) is 10.7. The molecule has 0 aliphatic heterocycles. The Morgan fingerprint density at radius 2 is 2.19 bits per heavy atom. The van der Waals surface area contributed by atoms with E-state index >= 15 is 0 Å². The topological polar surface area (TPSA) is 90.2 Å². The number of benzene rings is 1. The number of carboxylic acid groups (broad SMARTS) is 1. The van der Waals surface area contributed by atoms with Crippen LogP contribution in [0.25, 0.3) is 0 Å². The van der Waals surface area contributed by atoms with Crippen molar-refractivity contribution in [2.75, 3.05) is 11.1 Å². The molecule has 1 amide bonds. The van der Waals surface area contributed by atoms with E-state index in [1.807, 2.05) is 6.07 Å². The molecule has 0 saturated carbocycles. The predicted molar refractivity (Wildman–Crippen MR) is 81.8 cm³/mol. The molecule has 0 atom stereocenters. The Kier molecular flexibility index (Phi) is 4.98. The van der Waals surface area contributed by atoms with Crippen molar-refractivity contribution in [2.24, 2.45) is 0 Å². The van der Waals surface area contributed by atoms with Gasteiger partial charge >= 0.3 is 5.97 Å². The van der Waals surface area contributed by atoms with Crippen molar-refractivity contribution in [3.05, 3.63) is 46.8 Å². The molecular formula is C14H10N2O3S2. The summed E-state index contributed by atoms with van der Waals surface area (Å²) in [4.78, 5) is 23.4. The lowest BCUT2D eigenvalue weighted by Gasteiger charge is -2.04. The lowest BCUT2D eigenvalue weighted by molar-refractivity contribution is -0.113. The molecule has 0 spiro atoms. The number of anilines is 1. The molecule has 1 heterocycles. The van der Waals surface area contributed by atoms with E-state index in [9.17, 15) is 9.59 Å². The van der Waals surface area contributed by atoms with Gasteiger partial charge in [-0.05, 0) is 29.6 Å². The minimum Gasteiger partial charge on any atom is -0.478 e. The first-order chi connectivity index (χ1) is 10.1. The SMILES string of the molecule is N#Cc1ccsc1NC(=O)CSc1cccc(C(=O)O)c1. The van der Waals surface area contributed by atoms with Gasteiger partial charge in [0.2, 0.25) is 5.91 Å². The zero-order chi connectivity index (χ0) is 15.2. The fourth-order valence-corrected chi connectivity index (χ4v) is 3.03. The van der Waals surface area contributed by atoms with Gasteiger partial charge in [-0.1, -0.05) is 6.07 Å². The number of carboxylic acids is 1. The summed E-state index contributed by atoms with van der Waals surface area (Å²) in [6.07, 6.45) is 0. The molecule has 5 nitrogen and oxygen atoms in total. The Morgan fingerprint density at radius 3 is 2.90 bits per heavy atom.